The van der Waals surface area contributed by atoms with E-state index in [1.807, 2.05) is 30.3 Å². The fraction of sp³-hybridized carbons (Fsp3) is 0.300. The number of amides is 1. The van der Waals surface area contributed by atoms with Gasteiger partial charge in [-0.05, 0) is 51.1 Å². The maximum atomic E-state index is 12.9. The molecule has 0 saturated carbocycles. The van der Waals surface area contributed by atoms with Crippen LogP contribution in [0.25, 0.3) is 10.9 Å². The lowest BCUT2D eigenvalue weighted by atomic mass is 10.1. The van der Waals surface area contributed by atoms with Crippen molar-refractivity contribution < 1.29 is 14.3 Å². The Bertz CT molecular complexity index is 1440. The molecule has 3 aromatic rings. The number of fused-ring (bicyclic) bond motifs is 1. The number of nitrogens with zero attached hydrogens (tertiary/aromatic N) is 2. The molecule has 4 rings (SSSR count). The topological polar surface area (TPSA) is 108 Å². The molecule has 1 aliphatic rings. The van der Waals surface area contributed by atoms with Gasteiger partial charge in [0.2, 0.25) is 5.91 Å². The molecule has 2 heterocycles. The largest absolute Gasteiger partial charge is 0.486 e. The summed E-state index contributed by atoms with van der Waals surface area (Å²) >= 11 is 0. The number of benzene rings is 2. The number of anilines is 3. The second-order valence-corrected chi connectivity index (χ2v) is 9.97. The molecule has 1 aromatic heterocycles. The Hall–Kier alpha value is -4.37. The molecule has 8 heteroatoms. The van der Waals surface area contributed by atoms with Crippen molar-refractivity contribution in [2.45, 2.75) is 38.8 Å². The second kappa shape index (κ2) is 11.8. The van der Waals surface area contributed by atoms with E-state index in [0.717, 1.165) is 12.1 Å². The first-order valence-electron chi connectivity index (χ1n) is 12.4. The molecule has 0 bridgehead atoms. The van der Waals surface area contributed by atoms with Crippen molar-refractivity contribution in [1.29, 1.82) is 5.26 Å². The number of nitriles is 1. The zero-order valence-electron chi connectivity index (χ0n) is 21.8. The molecule has 1 atom stereocenters. The summed E-state index contributed by atoms with van der Waals surface area (Å²) in [5, 5.41) is 20.0. The standard InChI is InChI=1S/C30H31N5O3/c1-5-20-8-6-9-22(16-20)34-27-21(17-31)18-32-28-24(27)11-12-25(38-23-13-15-37-19-23)29(28)35-26(36)10-7-14-33-30(2,3)4/h1,6-12,16,18,23,33H,13-15,19H2,2-4H3,(H,32,34)(H,35,36)/b10-7+/t23-/m0/s1. The van der Waals surface area contributed by atoms with Gasteiger partial charge in [0.25, 0.3) is 0 Å². The molecule has 1 fully saturated rings. The third-order valence-electron chi connectivity index (χ3n) is 5.87. The van der Waals surface area contributed by atoms with E-state index in [4.69, 9.17) is 15.9 Å². The molecule has 1 saturated heterocycles. The van der Waals surface area contributed by atoms with Gasteiger partial charge in [-0.25, -0.2) is 0 Å². The van der Waals surface area contributed by atoms with Crippen LogP contribution in [0.5, 0.6) is 5.75 Å². The molecule has 3 N–H and O–H groups in total. The van der Waals surface area contributed by atoms with Crippen LogP contribution < -0.4 is 20.7 Å². The number of carbonyl (C=O) groups is 1. The van der Waals surface area contributed by atoms with E-state index in [1.54, 1.807) is 12.1 Å². The third kappa shape index (κ3) is 6.68. The van der Waals surface area contributed by atoms with Gasteiger partial charge in [-0.2, -0.15) is 5.26 Å². The lowest BCUT2D eigenvalue weighted by Gasteiger charge is -2.19. The lowest BCUT2D eigenvalue weighted by Crippen LogP contribution is -2.35. The molecule has 38 heavy (non-hydrogen) atoms. The minimum atomic E-state index is -0.317. The van der Waals surface area contributed by atoms with Crippen molar-refractivity contribution in [3.8, 4) is 24.2 Å². The molecule has 2 aromatic carbocycles. The van der Waals surface area contributed by atoms with Gasteiger partial charge in [0, 0.05) is 47.4 Å². The van der Waals surface area contributed by atoms with Crippen molar-refractivity contribution in [3.05, 3.63) is 65.9 Å². The van der Waals surface area contributed by atoms with Crippen LogP contribution in [-0.2, 0) is 9.53 Å². The van der Waals surface area contributed by atoms with Gasteiger partial charge in [0.1, 0.15) is 23.6 Å². The summed E-state index contributed by atoms with van der Waals surface area (Å²) in [6, 6.07) is 13.2. The minimum absolute atomic E-state index is 0.0632. The Balaban J connectivity index is 1.73. The Morgan fingerprint density at radius 2 is 2.13 bits per heavy atom. The van der Waals surface area contributed by atoms with Crippen LogP contribution in [0, 0.1) is 23.7 Å². The van der Waals surface area contributed by atoms with E-state index in [9.17, 15) is 10.1 Å². The van der Waals surface area contributed by atoms with Crippen molar-refractivity contribution in [2.24, 2.45) is 0 Å². The summed E-state index contributed by atoms with van der Waals surface area (Å²) in [5.41, 5.74) is 3.21. The van der Waals surface area contributed by atoms with Crippen LogP contribution in [0.2, 0.25) is 0 Å². The predicted octanol–water partition coefficient (Wildman–Crippen LogP) is 4.88. The molecule has 0 unspecified atom stereocenters. The number of aromatic nitrogens is 1. The predicted molar refractivity (Wildman–Crippen MR) is 149 cm³/mol. The van der Waals surface area contributed by atoms with Crippen LogP contribution in [0.3, 0.4) is 0 Å². The van der Waals surface area contributed by atoms with Crippen molar-refractivity contribution in [1.82, 2.24) is 10.3 Å². The summed E-state index contributed by atoms with van der Waals surface area (Å²) in [6.07, 6.45) is 10.9. The number of pyridine rings is 1. The SMILES string of the molecule is C#Cc1cccc(Nc2c(C#N)cnc3c(NC(=O)/C=C/CNC(C)(C)C)c(O[C@H]4CCOC4)ccc23)c1. The number of terminal acetylenes is 1. The summed E-state index contributed by atoms with van der Waals surface area (Å²) in [5.74, 6) is 2.79. The quantitative estimate of drug-likeness (QED) is 0.293. The molecular formula is C30H31N5O3. The van der Waals surface area contributed by atoms with Crippen molar-refractivity contribution in [2.75, 3.05) is 30.4 Å². The van der Waals surface area contributed by atoms with Gasteiger partial charge in [-0.1, -0.05) is 18.1 Å². The minimum Gasteiger partial charge on any atom is -0.486 e. The molecule has 1 amide bonds. The summed E-state index contributed by atoms with van der Waals surface area (Å²) in [7, 11) is 0. The first-order chi connectivity index (χ1) is 18.3. The number of carbonyl (C=O) groups excluding carboxylic acids is 1. The van der Waals surface area contributed by atoms with Crippen LogP contribution in [0.1, 0.15) is 38.3 Å². The Kier molecular flexibility index (Phi) is 8.28. The summed E-state index contributed by atoms with van der Waals surface area (Å²) < 4.78 is 11.7. The molecule has 1 aliphatic heterocycles. The molecule has 194 valence electrons. The van der Waals surface area contributed by atoms with Crippen LogP contribution in [0.15, 0.2) is 54.7 Å². The van der Waals surface area contributed by atoms with E-state index in [-0.39, 0.29) is 17.6 Å². The Morgan fingerprint density at radius 3 is 2.84 bits per heavy atom. The van der Waals surface area contributed by atoms with E-state index < -0.39 is 0 Å². The average molecular weight is 510 g/mol. The van der Waals surface area contributed by atoms with Gasteiger partial charge in [0.15, 0.2) is 0 Å². The fourth-order valence-electron chi connectivity index (χ4n) is 4.00. The maximum Gasteiger partial charge on any atom is 0.248 e. The highest BCUT2D eigenvalue weighted by Gasteiger charge is 2.22. The summed E-state index contributed by atoms with van der Waals surface area (Å²) in [6.45, 7) is 7.82. The molecule has 0 spiro atoms. The molecule has 0 aliphatic carbocycles. The zero-order valence-corrected chi connectivity index (χ0v) is 21.8. The van der Waals surface area contributed by atoms with Gasteiger partial charge in [-0.15, -0.1) is 6.42 Å². The average Bonchev–Trinajstić information content (AvgIpc) is 3.41. The monoisotopic (exact) mass is 509 g/mol. The van der Waals surface area contributed by atoms with Crippen LogP contribution in [-0.4, -0.2) is 42.3 Å². The maximum absolute atomic E-state index is 12.9. The Morgan fingerprint density at radius 1 is 1.29 bits per heavy atom. The Labute approximate surface area is 223 Å². The lowest BCUT2D eigenvalue weighted by molar-refractivity contribution is -0.111. The first kappa shape index (κ1) is 26.7. The number of nitrogens with one attached hydrogen (secondary N) is 3. The van der Waals surface area contributed by atoms with Gasteiger partial charge >= 0.3 is 0 Å². The number of ether oxygens (including phenoxy) is 2. The molecule has 8 nitrogen and oxygen atoms in total. The smallest absolute Gasteiger partial charge is 0.248 e. The van der Waals surface area contributed by atoms with E-state index in [0.29, 0.717) is 58.9 Å². The number of rotatable bonds is 8. The molecule has 0 radical (unpaired) electrons. The number of hydrogen-bond donors (Lipinski definition) is 3. The van der Waals surface area contributed by atoms with E-state index in [1.165, 1.54) is 12.3 Å². The fourth-order valence-corrected chi connectivity index (χ4v) is 4.00. The van der Waals surface area contributed by atoms with Crippen LogP contribution in [0.4, 0.5) is 17.1 Å². The number of hydrogen-bond acceptors (Lipinski definition) is 7. The van der Waals surface area contributed by atoms with Crippen molar-refractivity contribution in [3.63, 3.8) is 0 Å². The van der Waals surface area contributed by atoms with Gasteiger partial charge in [-0.3, -0.25) is 9.78 Å². The highest BCUT2D eigenvalue weighted by molar-refractivity contribution is 6.10. The van der Waals surface area contributed by atoms with E-state index in [2.05, 4.69) is 53.7 Å². The van der Waals surface area contributed by atoms with Crippen LogP contribution >= 0.6 is 0 Å². The van der Waals surface area contributed by atoms with Gasteiger partial charge in [0.05, 0.1) is 30.0 Å². The summed E-state index contributed by atoms with van der Waals surface area (Å²) in [4.78, 5) is 17.5. The zero-order chi connectivity index (χ0) is 27.1. The van der Waals surface area contributed by atoms with Crippen molar-refractivity contribution >= 4 is 33.9 Å². The second-order valence-electron chi connectivity index (χ2n) is 9.97. The third-order valence-corrected chi connectivity index (χ3v) is 5.87. The van der Waals surface area contributed by atoms with Gasteiger partial charge < -0.3 is 25.4 Å². The van der Waals surface area contributed by atoms with E-state index >= 15 is 0 Å². The highest BCUT2D eigenvalue weighted by Crippen LogP contribution is 2.38. The normalized spacial score (nSPS) is 15.2. The molecular weight excluding hydrogens is 478 g/mol. The highest BCUT2D eigenvalue weighted by atomic mass is 16.5. The first-order valence-corrected chi connectivity index (χ1v) is 12.4.